The average Bonchev–Trinajstić information content (AvgIpc) is 3.28. The second-order valence-electron chi connectivity index (χ2n) is 9.88. The fourth-order valence-electron chi connectivity index (χ4n) is 4.29. The summed E-state index contributed by atoms with van der Waals surface area (Å²) in [6, 6.07) is 9.00. The minimum Gasteiger partial charge on any atom is -0.444 e. The molecule has 1 saturated heterocycles. The number of H-pyrrole nitrogens is 1. The molecule has 3 N–H and O–H groups in total. The van der Waals surface area contributed by atoms with Gasteiger partial charge in [-0.1, -0.05) is 23.7 Å². The highest BCUT2D eigenvalue weighted by molar-refractivity contribution is 6.30. The molecule has 10 heteroatoms. The van der Waals surface area contributed by atoms with Gasteiger partial charge in [0.25, 0.3) is 0 Å². The smallest absolute Gasteiger partial charge is 0.408 e. The number of alkyl carbamates (subject to hydrolysis) is 1. The first kappa shape index (κ1) is 24.8. The predicted molar refractivity (Wildman–Crippen MR) is 135 cm³/mol. The van der Waals surface area contributed by atoms with E-state index in [-0.39, 0.29) is 11.9 Å². The van der Waals surface area contributed by atoms with Gasteiger partial charge in [-0.2, -0.15) is 0 Å². The maximum absolute atomic E-state index is 13.6. The number of carbonyl (C=O) groups excluding carboxylic acids is 2. The molecule has 1 aliphatic rings. The van der Waals surface area contributed by atoms with Gasteiger partial charge in [-0.05, 0) is 64.3 Å². The first-order valence-electron chi connectivity index (χ1n) is 11.7. The Hall–Kier alpha value is -3.33. The molecule has 1 aromatic carbocycles. The van der Waals surface area contributed by atoms with Crippen molar-refractivity contribution in [3.63, 3.8) is 0 Å². The number of halogens is 1. The Morgan fingerprint density at radius 1 is 1.14 bits per heavy atom. The maximum Gasteiger partial charge on any atom is 0.408 e. The molecule has 0 aliphatic carbocycles. The molecule has 186 valence electrons. The van der Waals surface area contributed by atoms with E-state index < -0.39 is 17.2 Å². The summed E-state index contributed by atoms with van der Waals surface area (Å²) >= 11 is 6.00. The molecule has 2 amide bonds. The van der Waals surface area contributed by atoms with E-state index in [1.54, 1.807) is 32.9 Å². The van der Waals surface area contributed by atoms with Crippen LogP contribution in [0.4, 0.5) is 10.6 Å². The zero-order chi connectivity index (χ0) is 25.2. The molecule has 0 bridgehead atoms. The zero-order valence-corrected chi connectivity index (χ0v) is 21.1. The number of hydrogen-bond donors (Lipinski definition) is 3. The zero-order valence-electron chi connectivity index (χ0n) is 20.4. The molecule has 3 heterocycles. The molecular formula is C25H31ClN6O3. The second-order valence-corrected chi connectivity index (χ2v) is 10.3. The Balaban J connectivity index is 1.54. The van der Waals surface area contributed by atoms with Gasteiger partial charge in [-0.3, -0.25) is 4.79 Å². The number of amides is 2. The summed E-state index contributed by atoms with van der Waals surface area (Å²) in [6.45, 7) is 8.33. The van der Waals surface area contributed by atoms with Gasteiger partial charge in [-0.15, -0.1) is 0 Å². The summed E-state index contributed by atoms with van der Waals surface area (Å²) in [5, 5.41) is 7.52. The SMILES string of the molecule is C[C@H](NC(=O)C1(NC(=O)OC(C)(C)C)CCN(c2ncnc3[nH]ccc23)CC1)c1ccc(Cl)cc1. The van der Waals surface area contributed by atoms with E-state index >= 15 is 0 Å². The molecule has 9 nitrogen and oxygen atoms in total. The minimum absolute atomic E-state index is 0.250. The number of aromatic amines is 1. The summed E-state index contributed by atoms with van der Waals surface area (Å²) in [6.07, 6.45) is 3.51. The first-order valence-corrected chi connectivity index (χ1v) is 12.0. The van der Waals surface area contributed by atoms with Crippen molar-refractivity contribution in [2.45, 2.75) is 57.7 Å². The van der Waals surface area contributed by atoms with Crippen LogP contribution < -0.4 is 15.5 Å². The van der Waals surface area contributed by atoms with Crippen molar-refractivity contribution < 1.29 is 14.3 Å². The van der Waals surface area contributed by atoms with Crippen LogP contribution in [0.15, 0.2) is 42.9 Å². The van der Waals surface area contributed by atoms with Crippen molar-refractivity contribution in [3.8, 4) is 0 Å². The summed E-state index contributed by atoms with van der Waals surface area (Å²) in [5.74, 6) is 0.553. The molecule has 2 aromatic heterocycles. The Kier molecular flexibility index (Phi) is 6.89. The van der Waals surface area contributed by atoms with Crippen LogP contribution in [-0.4, -0.2) is 51.2 Å². The molecule has 1 aliphatic heterocycles. The summed E-state index contributed by atoms with van der Waals surface area (Å²) in [4.78, 5) is 40.3. The molecule has 0 radical (unpaired) electrons. The number of fused-ring (bicyclic) bond motifs is 1. The number of anilines is 1. The van der Waals surface area contributed by atoms with E-state index in [1.807, 2.05) is 31.3 Å². The van der Waals surface area contributed by atoms with Crippen molar-refractivity contribution in [2.75, 3.05) is 18.0 Å². The van der Waals surface area contributed by atoms with E-state index in [1.165, 1.54) is 6.33 Å². The molecule has 0 spiro atoms. The van der Waals surface area contributed by atoms with Crippen LogP contribution in [0, 0.1) is 0 Å². The lowest BCUT2D eigenvalue weighted by molar-refractivity contribution is -0.129. The van der Waals surface area contributed by atoms with Crippen LogP contribution in [0.3, 0.4) is 0 Å². The molecule has 4 rings (SSSR count). The number of carbonyl (C=O) groups is 2. The molecule has 0 unspecified atom stereocenters. The first-order chi connectivity index (χ1) is 16.6. The molecular weight excluding hydrogens is 468 g/mol. The van der Waals surface area contributed by atoms with E-state index in [9.17, 15) is 9.59 Å². The lowest BCUT2D eigenvalue weighted by atomic mass is 9.86. The fourth-order valence-corrected chi connectivity index (χ4v) is 4.41. The summed E-state index contributed by atoms with van der Waals surface area (Å²) < 4.78 is 5.49. The minimum atomic E-state index is -1.12. The van der Waals surface area contributed by atoms with Gasteiger partial charge in [0.1, 0.15) is 28.9 Å². The average molecular weight is 499 g/mol. The van der Waals surface area contributed by atoms with Gasteiger partial charge in [0.05, 0.1) is 11.4 Å². The number of benzene rings is 1. The standard InChI is InChI=1S/C25H31ClN6O3/c1-16(17-5-7-18(26)8-6-17)30-22(33)25(31-23(34)35-24(2,3)4)10-13-32(14-11-25)21-19-9-12-27-20(19)28-15-29-21/h5-9,12,15-16H,10-11,13-14H2,1-4H3,(H,30,33)(H,31,34)(H,27,28,29)/t16-/m0/s1. The monoisotopic (exact) mass is 498 g/mol. The largest absolute Gasteiger partial charge is 0.444 e. The second kappa shape index (κ2) is 9.73. The topological polar surface area (TPSA) is 112 Å². The highest BCUT2D eigenvalue weighted by atomic mass is 35.5. The van der Waals surface area contributed by atoms with Gasteiger partial charge in [0, 0.05) is 24.3 Å². The van der Waals surface area contributed by atoms with Crippen LogP contribution in [0.1, 0.15) is 52.1 Å². The highest BCUT2D eigenvalue weighted by Gasteiger charge is 2.44. The van der Waals surface area contributed by atoms with Crippen molar-refractivity contribution in [1.29, 1.82) is 0 Å². The van der Waals surface area contributed by atoms with Crippen LogP contribution in [0.25, 0.3) is 11.0 Å². The van der Waals surface area contributed by atoms with E-state index in [0.717, 1.165) is 22.4 Å². The molecule has 1 fully saturated rings. The van der Waals surface area contributed by atoms with Crippen molar-refractivity contribution in [1.82, 2.24) is 25.6 Å². The van der Waals surface area contributed by atoms with Gasteiger partial charge in [0.15, 0.2) is 0 Å². The van der Waals surface area contributed by atoms with Crippen molar-refractivity contribution >= 4 is 40.5 Å². The number of hydrogen-bond acceptors (Lipinski definition) is 6. The van der Waals surface area contributed by atoms with Gasteiger partial charge >= 0.3 is 6.09 Å². The fraction of sp³-hybridized carbons (Fsp3) is 0.440. The van der Waals surface area contributed by atoms with Gasteiger partial charge < -0.3 is 25.3 Å². The van der Waals surface area contributed by atoms with Gasteiger partial charge in [-0.25, -0.2) is 14.8 Å². The molecule has 3 aromatic rings. The number of aromatic nitrogens is 3. The number of nitrogens with one attached hydrogen (secondary N) is 3. The summed E-state index contributed by atoms with van der Waals surface area (Å²) in [5.41, 5.74) is -0.124. The third kappa shape index (κ3) is 5.67. The highest BCUT2D eigenvalue weighted by Crippen LogP contribution is 2.30. The van der Waals surface area contributed by atoms with E-state index in [0.29, 0.717) is 31.0 Å². The Bertz CT molecular complexity index is 1200. The van der Waals surface area contributed by atoms with Crippen molar-refractivity contribution in [2.24, 2.45) is 0 Å². The van der Waals surface area contributed by atoms with E-state index in [2.05, 4.69) is 30.5 Å². The Morgan fingerprint density at radius 3 is 2.49 bits per heavy atom. The van der Waals surface area contributed by atoms with Crippen LogP contribution in [0.2, 0.25) is 5.02 Å². The molecule has 35 heavy (non-hydrogen) atoms. The lowest BCUT2D eigenvalue weighted by Crippen LogP contribution is -2.64. The third-order valence-electron chi connectivity index (χ3n) is 6.14. The summed E-state index contributed by atoms with van der Waals surface area (Å²) in [7, 11) is 0. The predicted octanol–water partition coefficient (Wildman–Crippen LogP) is 4.35. The number of piperidine rings is 1. The van der Waals surface area contributed by atoms with Crippen LogP contribution in [-0.2, 0) is 9.53 Å². The number of nitrogens with zero attached hydrogens (tertiary/aromatic N) is 3. The Labute approximate surface area is 209 Å². The van der Waals surface area contributed by atoms with Crippen LogP contribution >= 0.6 is 11.6 Å². The maximum atomic E-state index is 13.6. The quantitative estimate of drug-likeness (QED) is 0.482. The normalized spacial score (nSPS) is 16.5. The number of ether oxygens (including phenoxy) is 1. The van der Waals surface area contributed by atoms with Gasteiger partial charge in [0.2, 0.25) is 5.91 Å². The van der Waals surface area contributed by atoms with Crippen molar-refractivity contribution in [3.05, 3.63) is 53.4 Å². The number of rotatable bonds is 5. The Morgan fingerprint density at radius 2 is 1.83 bits per heavy atom. The van der Waals surface area contributed by atoms with E-state index in [4.69, 9.17) is 16.3 Å². The van der Waals surface area contributed by atoms with Crippen LogP contribution in [0.5, 0.6) is 0 Å². The lowest BCUT2D eigenvalue weighted by Gasteiger charge is -2.42. The molecule has 1 atom stereocenters. The molecule has 0 saturated carbocycles. The third-order valence-corrected chi connectivity index (χ3v) is 6.39.